The van der Waals surface area contributed by atoms with Crippen LogP contribution in [0.25, 0.3) is 0 Å². The van der Waals surface area contributed by atoms with Crippen LogP contribution in [0, 0.1) is 6.07 Å². The fourth-order valence-corrected chi connectivity index (χ4v) is 0.536. The van der Waals surface area contributed by atoms with Crippen molar-refractivity contribution in [3.63, 3.8) is 0 Å². The lowest BCUT2D eigenvalue weighted by Crippen LogP contribution is -1.90. The van der Waals surface area contributed by atoms with E-state index >= 15 is 0 Å². The minimum Gasteiger partial charge on any atom is -0.398 e. The molecule has 0 atom stereocenters. The first-order chi connectivity index (χ1) is 4.34. The van der Waals surface area contributed by atoms with Crippen molar-refractivity contribution in [2.75, 3.05) is 5.73 Å². The molecule has 1 aromatic carbocycles. The third kappa shape index (κ3) is 1.08. The number of carbonyl (C=O) groups excluding carboxylic acids is 1. The summed E-state index contributed by atoms with van der Waals surface area (Å²) in [7, 11) is 0. The molecule has 0 aromatic heterocycles. The smallest absolute Gasteiger partial charge is 0.235 e. The van der Waals surface area contributed by atoms with Crippen molar-refractivity contribution in [3.05, 3.63) is 29.8 Å². The fourth-order valence-electron chi connectivity index (χ4n) is 0.536. The van der Waals surface area contributed by atoms with Gasteiger partial charge in [-0.05, 0) is 18.2 Å². The van der Waals surface area contributed by atoms with Crippen molar-refractivity contribution in [3.8, 4) is 0 Å². The predicted octanol–water partition coefficient (Wildman–Crippen LogP) is 0.527. The third-order valence-electron chi connectivity index (χ3n) is 1.01. The number of anilines is 1. The molecule has 44 valence electrons. The molecular weight excluding hydrogens is 114 g/mol. The van der Waals surface area contributed by atoms with Gasteiger partial charge >= 0.3 is 0 Å². The van der Waals surface area contributed by atoms with E-state index in [1.165, 1.54) is 0 Å². The molecule has 0 aliphatic rings. The largest absolute Gasteiger partial charge is 0.398 e. The van der Waals surface area contributed by atoms with E-state index in [1.54, 1.807) is 24.5 Å². The van der Waals surface area contributed by atoms with Crippen molar-refractivity contribution >= 4 is 12.0 Å². The van der Waals surface area contributed by atoms with Crippen LogP contribution >= 0.6 is 0 Å². The number of benzene rings is 1. The predicted molar refractivity (Wildman–Crippen MR) is 34.5 cm³/mol. The van der Waals surface area contributed by atoms with Gasteiger partial charge in [-0.2, -0.15) is 0 Å². The standard InChI is InChI=1S/C7H5NO/c8-7-4-2-1-3-6(7)5-9/h1,3-4H,8H2. The number of rotatable bonds is 1. The number of hydrogen-bond acceptors (Lipinski definition) is 2. The Balaban J connectivity index is 3.15. The zero-order valence-corrected chi connectivity index (χ0v) is 4.72. The van der Waals surface area contributed by atoms with Crippen LogP contribution in [0.3, 0.4) is 0 Å². The summed E-state index contributed by atoms with van der Waals surface area (Å²) in [4.78, 5) is 10.0. The number of nitrogens with two attached hydrogens (primary N) is 1. The van der Waals surface area contributed by atoms with Gasteiger partial charge in [0.05, 0.1) is 0 Å². The molecule has 0 saturated heterocycles. The second-order valence-electron chi connectivity index (χ2n) is 1.62. The molecule has 1 aromatic rings. The average Bonchev–Trinajstić information content (AvgIpc) is 1.89. The van der Waals surface area contributed by atoms with Gasteiger partial charge < -0.3 is 5.73 Å². The van der Waals surface area contributed by atoms with E-state index in [-0.39, 0.29) is 0 Å². The zero-order valence-electron chi connectivity index (χ0n) is 4.72. The molecule has 1 rings (SSSR count). The van der Waals surface area contributed by atoms with Crippen molar-refractivity contribution < 1.29 is 4.79 Å². The Kier molecular flexibility index (Phi) is 1.49. The molecule has 2 N–H and O–H groups in total. The van der Waals surface area contributed by atoms with Gasteiger partial charge in [0.15, 0.2) is 0 Å². The van der Waals surface area contributed by atoms with Crippen LogP contribution in [-0.4, -0.2) is 6.29 Å². The maximum atomic E-state index is 10.0. The quantitative estimate of drug-likeness (QED) is 0.548. The Labute approximate surface area is 53.3 Å². The van der Waals surface area contributed by atoms with Crippen molar-refractivity contribution in [1.82, 2.24) is 0 Å². The van der Waals surface area contributed by atoms with Crippen LogP contribution in [0.5, 0.6) is 0 Å². The molecule has 9 heavy (non-hydrogen) atoms. The Morgan fingerprint density at radius 1 is 1.67 bits per heavy atom. The minimum atomic E-state index is 0.397. The highest BCUT2D eigenvalue weighted by Gasteiger charge is 1.92. The molecule has 2 radical (unpaired) electrons. The maximum Gasteiger partial charge on any atom is 0.235 e. The van der Waals surface area contributed by atoms with Crippen LogP contribution in [0.4, 0.5) is 5.69 Å². The molecular formula is C7H5NO. The number of hydrogen-bond donors (Lipinski definition) is 1. The first-order valence-electron chi connectivity index (χ1n) is 2.48. The SMILES string of the molecule is Nc1c[c]ccc1[C]=O. The Morgan fingerprint density at radius 2 is 2.44 bits per heavy atom. The molecule has 0 bridgehead atoms. The molecule has 0 spiro atoms. The van der Waals surface area contributed by atoms with Gasteiger partial charge in [-0.3, -0.25) is 4.79 Å². The summed E-state index contributed by atoms with van der Waals surface area (Å²) in [5, 5.41) is 0. The van der Waals surface area contributed by atoms with Crippen LogP contribution in [0.15, 0.2) is 18.2 Å². The second-order valence-corrected chi connectivity index (χ2v) is 1.62. The summed E-state index contributed by atoms with van der Waals surface area (Å²) in [5.41, 5.74) is 6.16. The first kappa shape index (κ1) is 5.82. The topological polar surface area (TPSA) is 43.1 Å². The van der Waals surface area contributed by atoms with Crippen molar-refractivity contribution in [2.45, 2.75) is 0 Å². The molecule has 0 aliphatic carbocycles. The highest BCUT2D eigenvalue weighted by molar-refractivity contribution is 5.83. The van der Waals surface area contributed by atoms with Gasteiger partial charge in [-0.25, -0.2) is 0 Å². The molecule has 0 unspecified atom stereocenters. The highest BCUT2D eigenvalue weighted by Crippen LogP contribution is 2.05. The summed E-state index contributed by atoms with van der Waals surface area (Å²) in [6, 6.07) is 7.47. The summed E-state index contributed by atoms with van der Waals surface area (Å²) in [5.74, 6) is 0. The van der Waals surface area contributed by atoms with Gasteiger partial charge in [0.25, 0.3) is 0 Å². The van der Waals surface area contributed by atoms with Crippen LogP contribution in [-0.2, 0) is 4.79 Å². The first-order valence-corrected chi connectivity index (χ1v) is 2.48. The summed E-state index contributed by atoms with van der Waals surface area (Å²) in [6.07, 6.45) is 1.70. The van der Waals surface area contributed by atoms with E-state index in [9.17, 15) is 4.79 Å². The normalized spacial score (nSPS) is 8.89. The van der Waals surface area contributed by atoms with Gasteiger partial charge in [-0.1, -0.05) is 6.07 Å². The third-order valence-corrected chi connectivity index (χ3v) is 1.01. The molecule has 0 heterocycles. The van der Waals surface area contributed by atoms with Gasteiger partial charge in [0.1, 0.15) is 0 Å². The summed E-state index contributed by atoms with van der Waals surface area (Å²) < 4.78 is 0. The van der Waals surface area contributed by atoms with Gasteiger partial charge in [0, 0.05) is 11.3 Å². The molecule has 2 heteroatoms. The molecule has 0 fully saturated rings. The molecule has 0 amide bonds. The average molecular weight is 119 g/mol. The van der Waals surface area contributed by atoms with E-state index in [2.05, 4.69) is 6.07 Å². The van der Waals surface area contributed by atoms with Gasteiger partial charge in [-0.15, -0.1) is 0 Å². The lowest BCUT2D eigenvalue weighted by molar-refractivity contribution is 0.563. The molecule has 0 saturated carbocycles. The molecule has 2 nitrogen and oxygen atoms in total. The Bertz CT molecular complexity index is 220. The van der Waals surface area contributed by atoms with E-state index in [0.717, 1.165) is 0 Å². The Morgan fingerprint density at radius 3 is 2.89 bits per heavy atom. The summed E-state index contributed by atoms with van der Waals surface area (Å²) in [6.45, 7) is 0. The van der Waals surface area contributed by atoms with Crippen molar-refractivity contribution in [2.24, 2.45) is 0 Å². The lowest BCUT2D eigenvalue weighted by Gasteiger charge is -1.91. The highest BCUT2D eigenvalue weighted by atomic mass is 16.1. The van der Waals surface area contributed by atoms with E-state index in [1.807, 2.05) is 0 Å². The van der Waals surface area contributed by atoms with Crippen LogP contribution in [0.1, 0.15) is 5.56 Å². The van der Waals surface area contributed by atoms with Gasteiger partial charge in [0.2, 0.25) is 6.29 Å². The second kappa shape index (κ2) is 2.31. The van der Waals surface area contributed by atoms with E-state index < -0.39 is 0 Å². The lowest BCUT2D eigenvalue weighted by atomic mass is 10.2. The van der Waals surface area contributed by atoms with E-state index in [0.29, 0.717) is 11.3 Å². The maximum absolute atomic E-state index is 10.0. The van der Waals surface area contributed by atoms with Crippen LogP contribution < -0.4 is 5.73 Å². The molecule has 0 aliphatic heterocycles. The van der Waals surface area contributed by atoms with E-state index in [4.69, 9.17) is 5.73 Å². The zero-order chi connectivity index (χ0) is 6.69. The Hall–Kier alpha value is -1.31. The fraction of sp³-hybridized carbons (Fsp3) is 0. The van der Waals surface area contributed by atoms with Crippen molar-refractivity contribution in [1.29, 1.82) is 0 Å². The monoisotopic (exact) mass is 119 g/mol. The van der Waals surface area contributed by atoms with Crippen LogP contribution in [0.2, 0.25) is 0 Å². The minimum absolute atomic E-state index is 0.397. The summed E-state index contributed by atoms with van der Waals surface area (Å²) >= 11 is 0. The number of nitrogen functional groups attached to an aromatic ring is 1.